The Morgan fingerprint density at radius 1 is 1.32 bits per heavy atom. The van der Waals surface area contributed by atoms with E-state index in [1.807, 2.05) is 32.9 Å². The lowest BCUT2D eigenvalue weighted by molar-refractivity contribution is -0.125. The second-order valence-electron chi connectivity index (χ2n) is 4.93. The van der Waals surface area contributed by atoms with Crippen LogP contribution in [-0.2, 0) is 11.3 Å². The van der Waals surface area contributed by atoms with Gasteiger partial charge < -0.3 is 16.3 Å². The lowest BCUT2D eigenvalue weighted by atomic mass is 9.97. The van der Waals surface area contributed by atoms with Crippen molar-refractivity contribution < 1.29 is 10.0 Å². The first-order valence-corrected chi connectivity index (χ1v) is 6.30. The van der Waals surface area contributed by atoms with Gasteiger partial charge in [0.15, 0.2) is 5.84 Å². The quantitative estimate of drug-likeness (QED) is 0.327. The van der Waals surface area contributed by atoms with Crippen molar-refractivity contribution in [1.82, 2.24) is 5.32 Å². The van der Waals surface area contributed by atoms with Crippen molar-refractivity contribution in [3.63, 3.8) is 0 Å². The highest BCUT2D eigenvalue weighted by atomic mass is 16.4. The number of carbonyl (C=O) groups excluding carboxylic acids is 1. The molecule has 0 aliphatic carbocycles. The van der Waals surface area contributed by atoms with E-state index in [2.05, 4.69) is 10.5 Å². The zero-order chi connectivity index (χ0) is 14.4. The summed E-state index contributed by atoms with van der Waals surface area (Å²) in [5, 5.41) is 14.4. The number of nitrogens with two attached hydrogens (primary N) is 1. The van der Waals surface area contributed by atoms with Crippen LogP contribution in [0.25, 0.3) is 0 Å². The SMILES string of the molecule is CC(C)C(C)C(=O)NCc1ccc(C(N)=NO)cc1. The van der Waals surface area contributed by atoms with E-state index in [1.165, 1.54) is 0 Å². The van der Waals surface area contributed by atoms with E-state index in [0.29, 0.717) is 18.0 Å². The normalized spacial score (nSPS) is 13.4. The molecule has 0 heterocycles. The highest BCUT2D eigenvalue weighted by Gasteiger charge is 2.15. The van der Waals surface area contributed by atoms with Gasteiger partial charge in [0.05, 0.1) is 0 Å². The first-order valence-electron chi connectivity index (χ1n) is 6.30. The molecule has 5 heteroatoms. The van der Waals surface area contributed by atoms with Gasteiger partial charge in [-0.3, -0.25) is 4.79 Å². The first-order chi connectivity index (χ1) is 8.95. The average Bonchev–Trinajstić information content (AvgIpc) is 2.43. The molecule has 1 aromatic carbocycles. The molecule has 0 saturated heterocycles. The third kappa shape index (κ3) is 4.28. The maximum atomic E-state index is 11.8. The Labute approximate surface area is 113 Å². The molecule has 0 aliphatic heterocycles. The summed E-state index contributed by atoms with van der Waals surface area (Å²) in [4.78, 5) is 11.8. The number of benzene rings is 1. The molecule has 1 rings (SSSR count). The Hall–Kier alpha value is -2.04. The summed E-state index contributed by atoms with van der Waals surface area (Å²) in [6.45, 7) is 6.44. The third-order valence-electron chi connectivity index (χ3n) is 3.24. The minimum atomic E-state index is -0.00330. The van der Waals surface area contributed by atoms with E-state index < -0.39 is 0 Å². The molecule has 1 unspecified atom stereocenters. The smallest absolute Gasteiger partial charge is 0.223 e. The van der Waals surface area contributed by atoms with E-state index in [1.54, 1.807) is 12.1 Å². The number of rotatable bonds is 5. The average molecular weight is 263 g/mol. The fourth-order valence-electron chi connectivity index (χ4n) is 1.50. The second kappa shape index (κ2) is 6.78. The minimum absolute atomic E-state index is 0.00330. The van der Waals surface area contributed by atoms with Crippen molar-refractivity contribution in [1.29, 1.82) is 0 Å². The van der Waals surface area contributed by atoms with E-state index in [4.69, 9.17) is 10.9 Å². The van der Waals surface area contributed by atoms with Crippen LogP contribution in [0.15, 0.2) is 29.4 Å². The predicted octanol–water partition coefficient (Wildman–Crippen LogP) is 1.69. The Balaban J connectivity index is 2.57. The van der Waals surface area contributed by atoms with Crippen LogP contribution < -0.4 is 11.1 Å². The summed E-state index contributed by atoms with van der Waals surface area (Å²) < 4.78 is 0. The van der Waals surface area contributed by atoms with Crippen LogP contribution in [0.5, 0.6) is 0 Å². The molecule has 1 aromatic rings. The number of hydrogen-bond acceptors (Lipinski definition) is 3. The molecule has 19 heavy (non-hydrogen) atoms. The molecule has 1 amide bonds. The van der Waals surface area contributed by atoms with Crippen LogP contribution in [0.3, 0.4) is 0 Å². The van der Waals surface area contributed by atoms with Crippen molar-refractivity contribution in [3.05, 3.63) is 35.4 Å². The standard InChI is InChI=1S/C14H21N3O2/c1-9(2)10(3)14(18)16-8-11-4-6-12(7-5-11)13(15)17-19/h4-7,9-10,19H,8H2,1-3H3,(H2,15,17)(H,16,18). The van der Waals surface area contributed by atoms with Gasteiger partial charge in [0.1, 0.15) is 0 Å². The summed E-state index contributed by atoms with van der Waals surface area (Å²) in [7, 11) is 0. The molecule has 4 N–H and O–H groups in total. The van der Waals surface area contributed by atoms with E-state index in [0.717, 1.165) is 5.56 Å². The fourth-order valence-corrected chi connectivity index (χ4v) is 1.50. The van der Waals surface area contributed by atoms with Gasteiger partial charge in [-0.15, -0.1) is 0 Å². The van der Waals surface area contributed by atoms with E-state index >= 15 is 0 Å². The summed E-state index contributed by atoms with van der Waals surface area (Å²) in [5.74, 6) is 0.443. The Morgan fingerprint density at radius 2 is 1.89 bits per heavy atom. The van der Waals surface area contributed by atoms with Crippen LogP contribution in [-0.4, -0.2) is 17.0 Å². The van der Waals surface area contributed by atoms with Crippen LogP contribution in [0.2, 0.25) is 0 Å². The molecule has 1 atom stereocenters. The first kappa shape index (κ1) is 15.0. The zero-order valence-electron chi connectivity index (χ0n) is 11.6. The molecule has 0 spiro atoms. The van der Waals surface area contributed by atoms with Crippen molar-refractivity contribution in [2.75, 3.05) is 0 Å². The Kier molecular flexibility index (Phi) is 5.36. The van der Waals surface area contributed by atoms with Crippen LogP contribution in [0.4, 0.5) is 0 Å². The summed E-state index contributed by atoms with van der Waals surface area (Å²) in [5.41, 5.74) is 7.09. The van der Waals surface area contributed by atoms with Gasteiger partial charge >= 0.3 is 0 Å². The highest BCUT2D eigenvalue weighted by Crippen LogP contribution is 2.10. The third-order valence-corrected chi connectivity index (χ3v) is 3.24. The van der Waals surface area contributed by atoms with Crippen molar-refractivity contribution in [3.8, 4) is 0 Å². The topological polar surface area (TPSA) is 87.7 Å². The number of oxime groups is 1. The van der Waals surface area contributed by atoms with Crippen LogP contribution in [0, 0.1) is 11.8 Å². The monoisotopic (exact) mass is 263 g/mol. The number of amides is 1. The number of nitrogens with zero attached hydrogens (tertiary/aromatic N) is 1. The van der Waals surface area contributed by atoms with Gasteiger partial charge in [0.25, 0.3) is 0 Å². The van der Waals surface area contributed by atoms with Gasteiger partial charge in [-0.05, 0) is 11.5 Å². The largest absolute Gasteiger partial charge is 0.409 e. The Bertz CT molecular complexity index is 452. The number of hydrogen-bond donors (Lipinski definition) is 3. The second-order valence-corrected chi connectivity index (χ2v) is 4.93. The number of nitrogens with one attached hydrogen (secondary N) is 1. The van der Waals surface area contributed by atoms with Gasteiger partial charge in [-0.2, -0.15) is 0 Å². The van der Waals surface area contributed by atoms with Gasteiger partial charge in [0, 0.05) is 18.0 Å². The zero-order valence-corrected chi connectivity index (χ0v) is 11.6. The molecule has 0 fully saturated rings. The van der Waals surface area contributed by atoms with Crippen molar-refractivity contribution in [2.24, 2.45) is 22.7 Å². The molecule has 0 saturated carbocycles. The van der Waals surface area contributed by atoms with Crippen LogP contribution >= 0.6 is 0 Å². The van der Waals surface area contributed by atoms with Crippen LogP contribution in [0.1, 0.15) is 31.9 Å². The fraction of sp³-hybridized carbons (Fsp3) is 0.429. The summed E-state index contributed by atoms with van der Waals surface area (Å²) in [6.07, 6.45) is 0. The van der Waals surface area contributed by atoms with Gasteiger partial charge in [-0.25, -0.2) is 0 Å². The molecule has 5 nitrogen and oxygen atoms in total. The number of carbonyl (C=O) groups is 1. The summed E-state index contributed by atoms with van der Waals surface area (Å²) in [6, 6.07) is 7.19. The molecule has 104 valence electrons. The molecule has 0 radical (unpaired) electrons. The molecule has 0 bridgehead atoms. The maximum absolute atomic E-state index is 11.8. The maximum Gasteiger partial charge on any atom is 0.223 e. The highest BCUT2D eigenvalue weighted by molar-refractivity contribution is 5.96. The van der Waals surface area contributed by atoms with Crippen molar-refractivity contribution in [2.45, 2.75) is 27.3 Å². The lowest BCUT2D eigenvalue weighted by Crippen LogP contribution is -2.31. The Morgan fingerprint density at radius 3 is 2.37 bits per heavy atom. The van der Waals surface area contributed by atoms with Crippen molar-refractivity contribution >= 4 is 11.7 Å². The number of amidine groups is 1. The molecular formula is C14H21N3O2. The van der Waals surface area contributed by atoms with Gasteiger partial charge in [0.2, 0.25) is 5.91 Å². The molecule has 0 aromatic heterocycles. The summed E-state index contributed by atoms with van der Waals surface area (Å²) >= 11 is 0. The van der Waals surface area contributed by atoms with E-state index in [9.17, 15) is 4.79 Å². The lowest BCUT2D eigenvalue weighted by Gasteiger charge is -2.15. The minimum Gasteiger partial charge on any atom is -0.409 e. The van der Waals surface area contributed by atoms with Gasteiger partial charge in [-0.1, -0.05) is 50.2 Å². The molecule has 0 aliphatic rings. The predicted molar refractivity (Wildman–Crippen MR) is 74.8 cm³/mol. The van der Waals surface area contributed by atoms with E-state index in [-0.39, 0.29) is 17.7 Å². The molecular weight excluding hydrogens is 242 g/mol.